The molecule has 0 saturated carbocycles. The third-order valence-corrected chi connectivity index (χ3v) is 4.12. The molecule has 0 aliphatic rings. The van der Waals surface area contributed by atoms with Crippen molar-refractivity contribution in [2.24, 2.45) is 0 Å². The van der Waals surface area contributed by atoms with E-state index in [0.29, 0.717) is 17.7 Å². The Morgan fingerprint density at radius 1 is 1.17 bits per heavy atom. The third-order valence-electron chi connectivity index (χ3n) is 4.12. The van der Waals surface area contributed by atoms with Crippen LogP contribution in [0.4, 0.5) is 0 Å². The lowest BCUT2D eigenvalue weighted by Crippen LogP contribution is -2.19. The van der Waals surface area contributed by atoms with E-state index in [1.54, 1.807) is 19.1 Å². The van der Waals surface area contributed by atoms with Crippen molar-refractivity contribution in [2.75, 3.05) is 0 Å². The van der Waals surface area contributed by atoms with Crippen molar-refractivity contribution in [2.45, 2.75) is 26.4 Å². The van der Waals surface area contributed by atoms with E-state index in [1.807, 2.05) is 18.2 Å². The van der Waals surface area contributed by atoms with Crippen molar-refractivity contribution in [3.63, 3.8) is 0 Å². The van der Waals surface area contributed by atoms with Gasteiger partial charge in [-0.15, -0.1) is 0 Å². The number of phenolic OH excluding ortho intramolecular Hbond substituents is 1. The second kappa shape index (κ2) is 6.26. The van der Waals surface area contributed by atoms with Gasteiger partial charge in [-0.05, 0) is 37.1 Å². The molecule has 1 heterocycles. The van der Waals surface area contributed by atoms with Crippen molar-refractivity contribution in [3.8, 4) is 5.75 Å². The molecular weight excluding hydrogens is 290 g/mol. The lowest BCUT2D eigenvalue weighted by atomic mass is 10.0. The molecule has 2 N–H and O–H groups in total. The highest BCUT2D eigenvalue weighted by molar-refractivity contribution is 5.84. The Bertz CT molecular complexity index is 884. The van der Waals surface area contributed by atoms with Gasteiger partial charge in [0, 0.05) is 29.6 Å². The van der Waals surface area contributed by atoms with Crippen LogP contribution in [0.3, 0.4) is 0 Å². The molecule has 118 valence electrons. The molecule has 2 aromatic carbocycles. The minimum atomic E-state index is -0.407. The molecule has 0 radical (unpaired) electrons. The number of hydrogen-bond donors (Lipinski definition) is 2. The maximum atomic E-state index is 11.8. The van der Waals surface area contributed by atoms with Gasteiger partial charge < -0.3 is 14.8 Å². The zero-order chi connectivity index (χ0) is 16.4. The van der Waals surface area contributed by atoms with Crippen LogP contribution in [-0.2, 0) is 6.54 Å². The van der Waals surface area contributed by atoms with Gasteiger partial charge in [0.15, 0.2) is 0 Å². The van der Waals surface area contributed by atoms with Crippen LogP contribution < -0.4 is 10.9 Å². The third kappa shape index (κ3) is 3.12. The average molecular weight is 309 g/mol. The summed E-state index contributed by atoms with van der Waals surface area (Å²) in [6, 6.07) is 15.2. The van der Waals surface area contributed by atoms with Gasteiger partial charge in [-0.3, -0.25) is 0 Å². The molecule has 23 heavy (non-hydrogen) atoms. The first-order valence-corrected chi connectivity index (χ1v) is 7.60. The van der Waals surface area contributed by atoms with Crippen molar-refractivity contribution in [3.05, 3.63) is 75.6 Å². The van der Waals surface area contributed by atoms with Crippen LogP contribution in [0.25, 0.3) is 11.0 Å². The number of rotatable bonds is 4. The average Bonchev–Trinajstić information content (AvgIpc) is 2.57. The quantitative estimate of drug-likeness (QED) is 0.722. The number of aromatic hydroxyl groups is 1. The summed E-state index contributed by atoms with van der Waals surface area (Å²) in [6.45, 7) is 4.37. The van der Waals surface area contributed by atoms with E-state index in [0.717, 1.165) is 10.9 Å². The SMILES string of the molecule is Cc1c(O)ccc2c(CNC(C)c3ccccc3)cc(=O)oc12. The number of phenols is 1. The van der Waals surface area contributed by atoms with E-state index in [-0.39, 0.29) is 11.8 Å². The van der Waals surface area contributed by atoms with E-state index < -0.39 is 5.63 Å². The first-order chi connectivity index (χ1) is 11.1. The predicted molar refractivity (Wildman–Crippen MR) is 90.6 cm³/mol. The van der Waals surface area contributed by atoms with E-state index >= 15 is 0 Å². The van der Waals surface area contributed by atoms with E-state index in [1.165, 1.54) is 11.6 Å². The monoisotopic (exact) mass is 309 g/mol. The summed E-state index contributed by atoms with van der Waals surface area (Å²) in [5.41, 5.74) is 2.67. The van der Waals surface area contributed by atoms with Gasteiger partial charge in [-0.1, -0.05) is 30.3 Å². The highest BCUT2D eigenvalue weighted by Crippen LogP contribution is 2.27. The molecule has 3 rings (SSSR count). The highest BCUT2D eigenvalue weighted by Gasteiger charge is 2.12. The van der Waals surface area contributed by atoms with Crippen LogP contribution in [0.2, 0.25) is 0 Å². The minimum Gasteiger partial charge on any atom is -0.508 e. The molecule has 4 nitrogen and oxygen atoms in total. The second-order valence-electron chi connectivity index (χ2n) is 5.69. The summed E-state index contributed by atoms with van der Waals surface area (Å²) < 4.78 is 5.26. The first-order valence-electron chi connectivity index (χ1n) is 7.60. The summed E-state index contributed by atoms with van der Waals surface area (Å²) in [7, 11) is 0. The molecule has 0 spiro atoms. The van der Waals surface area contributed by atoms with Crippen molar-refractivity contribution in [1.82, 2.24) is 5.32 Å². The summed E-state index contributed by atoms with van der Waals surface area (Å²) in [4.78, 5) is 11.8. The van der Waals surface area contributed by atoms with Gasteiger partial charge >= 0.3 is 5.63 Å². The van der Waals surface area contributed by atoms with Crippen LogP contribution in [0.1, 0.15) is 29.7 Å². The van der Waals surface area contributed by atoms with Gasteiger partial charge in [0.2, 0.25) is 0 Å². The van der Waals surface area contributed by atoms with Crippen LogP contribution in [0, 0.1) is 6.92 Å². The van der Waals surface area contributed by atoms with Crippen molar-refractivity contribution in [1.29, 1.82) is 0 Å². The largest absolute Gasteiger partial charge is 0.508 e. The Morgan fingerprint density at radius 2 is 1.91 bits per heavy atom. The molecule has 1 unspecified atom stereocenters. The van der Waals surface area contributed by atoms with E-state index in [2.05, 4.69) is 24.4 Å². The molecule has 0 aliphatic heterocycles. The molecule has 1 atom stereocenters. The Labute approximate surface area is 134 Å². The second-order valence-corrected chi connectivity index (χ2v) is 5.69. The lowest BCUT2D eigenvalue weighted by Gasteiger charge is -2.15. The molecule has 0 aliphatic carbocycles. The zero-order valence-corrected chi connectivity index (χ0v) is 13.2. The number of fused-ring (bicyclic) bond motifs is 1. The van der Waals surface area contributed by atoms with Crippen LogP contribution >= 0.6 is 0 Å². The fraction of sp³-hybridized carbons (Fsp3) is 0.211. The number of benzene rings is 2. The van der Waals surface area contributed by atoms with Crippen molar-refractivity contribution < 1.29 is 9.52 Å². The standard InChI is InChI=1S/C19H19NO3/c1-12-17(21)9-8-16-15(10-18(22)23-19(12)16)11-20-13(2)14-6-4-3-5-7-14/h3-10,13,20-21H,11H2,1-2H3. The number of hydrogen-bond acceptors (Lipinski definition) is 4. The fourth-order valence-corrected chi connectivity index (χ4v) is 2.68. The first kappa shape index (κ1) is 15.3. The Morgan fingerprint density at radius 3 is 2.65 bits per heavy atom. The van der Waals surface area contributed by atoms with E-state index in [9.17, 15) is 9.90 Å². The Balaban J connectivity index is 1.91. The van der Waals surface area contributed by atoms with Gasteiger partial charge in [0.1, 0.15) is 11.3 Å². The molecule has 1 aromatic heterocycles. The maximum absolute atomic E-state index is 11.8. The normalized spacial score (nSPS) is 12.4. The Kier molecular flexibility index (Phi) is 4.17. The minimum absolute atomic E-state index is 0.128. The van der Waals surface area contributed by atoms with Gasteiger partial charge in [-0.25, -0.2) is 4.79 Å². The van der Waals surface area contributed by atoms with Crippen LogP contribution in [0.15, 0.2) is 57.7 Å². The maximum Gasteiger partial charge on any atom is 0.336 e. The smallest absolute Gasteiger partial charge is 0.336 e. The summed E-state index contributed by atoms with van der Waals surface area (Å²) >= 11 is 0. The molecular formula is C19H19NO3. The lowest BCUT2D eigenvalue weighted by molar-refractivity contribution is 0.468. The predicted octanol–water partition coefficient (Wildman–Crippen LogP) is 3.66. The molecule has 0 fully saturated rings. The summed E-state index contributed by atoms with van der Waals surface area (Å²) in [5, 5.41) is 14.1. The molecule has 4 heteroatoms. The zero-order valence-electron chi connectivity index (χ0n) is 13.2. The molecule has 0 saturated heterocycles. The van der Waals surface area contributed by atoms with Gasteiger partial charge in [0.25, 0.3) is 0 Å². The summed E-state index contributed by atoms with van der Waals surface area (Å²) in [6.07, 6.45) is 0. The molecule has 0 amide bonds. The van der Waals surface area contributed by atoms with Gasteiger partial charge in [0.05, 0.1) is 0 Å². The van der Waals surface area contributed by atoms with Crippen LogP contribution in [-0.4, -0.2) is 5.11 Å². The number of nitrogens with one attached hydrogen (secondary N) is 1. The highest BCUT2D eigenvalue weighted by atomic mass is 16.4. The topological polar surface area (TPSA) is 62.5 Å². The van der Waals surface area contributed by atoms with Gasteiger partial charge in [-0.2, -0.15) is 0 Å². The fourth-order valence-electron chi connectivity index (χ4n) is 2.68. The summed E-state index contributed by atoms with van der Waals surface area (Å²) in [5.74, 6) is 0.128. The Hall–Kier alpha value is -2.59. The van der Waals surface area contributed by atoms with Crippen LogP contribution in [0.5, 0.6) is 5.75 Å². The number of aryl methyl sites for hydroxylation is 1. The molecule has 0 bridgehead atoms. The van der Waals surface area contributed by atoms with Crippen molar-refractivity contribution >= 4 is 11.0 Å². The van der Waals surface area contributed by atoms with E-state index in [4.69, 9.17) is 4.42 Å². The molecule has 3 aromatic rings.